The third kappa shape index (κ3) is 4.64. The minimum absolute atomic E-state index is 0.0214. The van der Waals surface area contributed by atoms with Crippen LogP contribution in [0, 0.1) is 6.92 Å². The number of carbonyl (C=O) groups excluding carboxylic acids is 2. The summed E-state index contributed by atoms with van der Waals surface area (Å²) < 4.78 is 5.44. The minimum atomic E-state index is -0.0214. The fourth-order valence-corrected chi connectivity index (χ4v) is 3.04. The number of anilines is 1. The molecule has 0 unspecified atom stereocenters. The molecule has 2 aromatic rings. The molecular formula is C19H25N5O3. The zero-order valence-electron chi connectivity index (χ0n) is 16.0. The standard InChI is InChI=1S/C19H25N5O3/c1-14-20-21-19(27-14)24-12-10-23(11-13-24)17(25)9-6-15-4-7-16(8-5-15)18(26)22(2)3/h4-5,7-8H,6,9-13H2,1-3H3. The van der Waals surface area contributed by atoms with Gasteiger partial charge in [0, 0.05) is 59.2 Å². The summed E-state index contributed by atoms with van der Waals surface area (Å²) in [5.41, 5.74) is 1.71. The highest BCUT2D eigenvalue weighted by molar-refractivity contribution is 5.93. The van der Waals surface area contributed by atoms with E-state index in [1.807, 2.05) is 34.1 Å². The second-order valence-corrected chi connectivity index (χ2v) is 6.87. The largest absolute Gasteiger partial charge is 0.408 e. The molecule has 3 rings (SSSR count). The van der Waals surface area contributed by atoms with E-state index in [0.717, 1.165) is 5.56 Å². The van der Waals surface area contributed by atoms with E-state index in [4.69, 9.17) is 4.42 Å². The van der Waals surface area contributed by atoms with E-state index in [9.17, 15) is 9.59 Å². The molecule has 1 aliphatic heterocycles. The summed E-state index contributed by atoms with van der Waals surface area (Å²) in [7, 11) is 3.46. The second kappa shape index (κ2) is 8.20. The topological polar surface area (TPSA) is 82.8 Å². The van der Waals surface area contributed by atoms with Crippen LogP contribution in [0.2, 0.25) is 0 Å². The van der Waals surface area contributed by atoms with Gasteiger partial charge in [0.15, 0.2) is 0 Å². The highest BCUT2D eigenvalue weighted by Crippen LogP contribution is 2.15. The van der Waals surface area contributed by atoms with Crippen molar-refractivity contribution in [3.05, 3.63) is 41.3 Å². The first-order chi connectivity index (χ1) is 12.9. The fourth-order valence-electron chi connectivity index (χ4n) is 3.04. The summed E-state index contributed by atoms with van der Waals surface area (Å²) >= 11 is 0. The number of aromatic nitrogens is 2. The smallest absolute Gasteiger partial charge is 0.318 e. The van der Waals surface area contributed by atoms with Crippen LogP contribution in [-0.4, -0.2) is 72.1 Å². The Bertz CT molecular complexity index is 792. The summed E-state index contributed by atoms with van der Waals surface area (Å²) in [6.07, 6.45) is 1.12. The number of nitrogens with zero attached hydrogens (tertiary/aromatic N) is 5. The Hall–Kier alpha value is -2.90. The Morgan fingerprint density at radius 2 is 1.74 bits per heavy atom. The first kappa shape index (κ1) is 18.9. The maximum absolute atomic E-state index is 12.5. The number of hydrogen-bond acceptors (Lipinski definition) is 6. The highest BCUT2D eigenvalue weighted by Gasteiger charge is 2.23. The van der Waals surface area contributed by atoms with E-state index >= 15 is 0 Å². The van der Waals surface area contributed by atoms with Crippen LogP contribution < -0.4 is 4.90 Å². The molecule has 0 radical (unpaired) electrons. The van der Waals surface area contributed by atoms with Crippen LogP contribution >= 0.6 is 0 Å². The molecule has 0 spiro atoms. The van der Waals surface area contributed by atoms with Gasteiger partial charge in [-0.05, 0) is 24.1 Å². The number of benzene rings is 1. The molecule has 8 heteroatoms. The molecule has 1 aromatic carbocycles. The van der Waals surface area contributed by atoms with Gasteiger partial charge in [0.1, 0.15) is 0 Å². The predicted molar refractivity (Wildman–Crippen MR) is 101 cm³/mol. The van der Waals surface area contributed by atoms with Crippen LogP contribution in [0.3, 0.4) is 0 Å². The van der Waals surface area contributed by atoms with Crippen LogP contribution in [-0.2, 0) is 11.2 Å². The monoisotopic (exact) mass is 371 g/mol. The average molecular weight is 371 g/mol. The molecule has 1 aromatic heterocycles. The van der Waals surface area contributed by atoms with Crippen LogP contribution in [0.5, 0.6) is 0 Å². The van der Waals surface area contributed by atoms with Gasteiger partial charge in [0.05, 0.1) is 0 Å². The zero-order chi connectivity index (χ0) is 19.4. The molecule has 1 fully saturated rings. The summed E-state index contributed by atoms with van der Waals surface area (Å²) in [6, 6.07) is 7.98. The molecule has 27 heavy (non-hydrogen) atoms. The van der Waals surface area contributed by atoms with Crippen LogP contribution in [0.25, 0.3) is 0 Å². The van der Waals surface area contributed by atoms with E-state index in [2.05, 4.69) is 10.2 Å². The maximum Gasteiger partial charge on any atom is 0.318 e. The van der Waals surface area contributed by atoms with Crippen molar-refractivity contribution >= 4 is 17.8 Å². The van der Waals surface area contributed by atoms with Gasteiger partial charge in [0.25, 0.3) is 5.91 Å². The SMILES string of the molecule is Cc1nnc(N2CCN(C(=O)CCc3ccc(C(=O)N(C)C)cc3)CC2)o1. The average Bonchev–Trinajstić information content (AvgIpc) is 3.12. The summed E-state index contributed by atoms with van der Waals surface area (Å²) in [6.45, 7) is 4.44. The van der Waals surface area contributed by atoms with Gasteiger partial charge in [-0.3, -0.25) is 9.59 Å². The van der Waals surface area contributed by atoms with Gasteiger partial charge in [0.2, 0.25) is 11.8 Å². The molecule has 0 N–H and O–H groups in total. The molecule has 0 bridgehead atoms. The van der Waals surface area contributed by atoms with Crippen molar-refractivity contribution in [1.29, 1.82) is 0 Å². The Kier molecular flexibility index (Phi) is 5.73. The highest BCUT2D eigenvalue weighted by atomic mass is 16.4. The van der Waals surface area contributed by atoms with E-state index in [0.29, 0.717) is 56.5 Å². The number of rotatable bonds is 5. The molecule has 0 aliphatic carbocycles. The lowest BCUT2D eigenvalue weighted by atomic mass is 10.1. The van der Waals surface area contributed by atoms with Gasteiger partial charge < -0.3 is 19.1 Å². The fraction of sp³-hybridized carbons (Fsp3) is 0.474. The summed E-state index contributed by atoms with van der Waals surface area (Å²) in [5, 5.41) is 7.87. The molecule has 0 atom stereocenters. The van der Waals surface area contributed by atoms with Crippen LogP contribution in [0.4, 0.5) is 6.01 Å². The lowest BCUT2D eigenvalue weighted by Gasteiger charge is -2.33. The van der Waals surface area contributed by atoms with E-state index < -0.39 is 0 Å². The van der Waals surface area contributed by atoms with Gasteiger partial charge in [-0.15, -0.1) is 5.10 Å². The lowest BCUT2D eigenvalue weighted by Crippen LogP contribution is -2.49. The first-order valence-electron chi connectivity index (χ1n) is 9.07. The molecule has 1 aliphatic rings. The summed E-state index contributed by atoms with van der Waals surface area (Å²) in [4.78, 5) is 29.8. The van der Waals surface area contributed by atoms with Gasteiger partial charge in [-0.25, -0.2) is 0 Å². The number of aryl methyl sites for hydroxylation is 2. The van der Waals surface area contributed by atoms with E-state index in [1.54, 1.807) is 25.9 Å². The molecule has 8 nitrogen and oxygen atoms in total. The zero-order valence-corrected chi connectivity index (χ0v) is 16.0. The van der Waals surface area contributed by atoms with Crippen molar-refractivity contribution in [2.45, 2.75) is 19.8 Å². The van der Waals surface area contributed by atoms with Gasteiger partial charge in [-0.1, -0.05) is 17.2 Å². The Labute approximate surface area is 158 Å². The van der Waals surface area contributed by atoms with Gasteiger partial charge >= 0.3 is 6.01 Å². The maximum atomic E-state index is 12.5. The Morgan fingerprint density at radius 1 is 1.07 bits per heavy atom. The van der Waals surface area contributed by atoms with Crippen molar-refractivity contribution in [3.63, 3.8) is 0 Å². The lowest BCUT2D eigenvalue weighted by molar-refractivity contribution is -0.131. The number of hydrogen-bond donors (Lipinski definition) is 0. The number of amides is 2. The predicted octanol–water partition coefficient (Wildman–Crippen LogP) is 1.36. The second-order valence-electron chi connectivity index (χ2n) is 6.87. The third-order valence-corrected chi connectivity index (χ3v) is 4.65. The molecule has 2 amide bonds. The van der Waals surface area contributed by atoms with Crippen molar-refractivity contribution in [1.82, 2.24) is 20.0 Å². The minimum Gasteiger partial charge on any atom is -0.408 e. The first-order valence-corrected chi connectivity index (χ1v) is 9.07. The Balaban J connectivity index is 1.46. The van der Waals surface area contributed by atoms with Crippen LogP contribution in [0.15, 0.2) is 28.7 Å². The van der Waals surface area contributed by atoms with Crippen molar-refractivity contribution in [3.8, 4) is 0 Å². The van der Waals surface area contributed by atoms with Crippen molar-refractivity contribution in [2.75, 3.05) is 45.2 Å². The summed E-state index contributed by atoms with van der Waals surface area (Å²) in [5.74, 6) is 0.665. The van der Waals surface area contributed by atoms with E-state index in [-0.39, 0.29) is 11.8 Å². The molecular weight excluding hydrogens is 346 g/mol. The molecule has 144 valence electrons. The van der Waals surface area contributed by atoms with E-state index in [1.165, 1.54) is 0 Å². The van der Waals surface area contributed by atoms with Crippen molar-refractivity contribution in [2.24, 2.45) is 0 Å². The van der Waals surface area contributed by atoms with Crippen LogP contribution in [0.1, 0.15) is 28.2 Å². The number of carbonyl (C=O) groups is 2. The van der Waals surface area contributed by atoms with Gasteiger partial charge in [-0.2, -0.15) is 0 Å². The normalized spacial score (nSPS) is 14.3. The van der Waals surface area contributed by atoms with Crippen molar-refractivity contribution < 1.29 is 14.0 Å². The quantitative estimate of drug-likeness (QED) is 0.789. The number of piperazine rings is 1. The third-order valence-electron chi connectivity index (χ3n) is 4.65. The molecule has 2 heterocycles. The molecule has 0 saturated carbocycles. The Morgan fingerprint density at radius 3 is 2.30 bits per heavy atom. The molecule has 1 saturated heterocycles.